The minimum atomic E-state index is -1.10. The molecule has 0 saturated carbocycles. The number of carbonyl (C=O) groups excluding carboxylic acids is 3. The number of nitrogens with zero attached hydrogens (tertiary/aromatic N) is 1. The number of ether oxygens (including phenoxy) is 1. The molecular formula is C41H77N3O6. The van der Waals surface area contributed by atoms with Crippen LogP contribution in [0, 0.1) is 27.6 Å². The molecule has 1 rings (SSSR count). The van der Waals surface area contributed by atoms with Crippen molar-refractivity contribution in [3.8, 4) is 0 Å². The Morgan fingerprint density at radius 1 is 0.840 bits per heavy atom. The molecule has 0 aliphatic heterocycles. The molecule has 292 valence electrons. The number of carbonyl (C=O) groups is 3. The molecule has 9 nitrogen and oxygen atoms in total. The summed E-state index contributed by atoms with van der Waals surface area (Å²) < 4.78 is 5.33. The fourth-order valence-electron chi connectivity index (χ4n) is 5.55. The maximum atomic E-state index is 13.3. The van der Waals surface area contributed by atoms with E-state index >= 15 is 0 Å². The maximum absolute atomic E-state index is 13.3. The quantitative estimate of drug-likeness (QED) is 0.0998. The Kier molecular flexibility index (Phi) is 25.2. The molecule has 1 aromatic rings. The molecule has 0 radical (unpaired) electrons. The van der Waals surface area contributed by atoms with Gasteiger partial charge in [-0.25, -0.2) is 4.79 Å². The summed E-state index contributed by atoms with van der Waals surface area (Å²) in [5, 5.41) is 24.8. The van der Waals surface area contributed by atoms with Gasteiger partial charge >= 0.3 is 5.97 Å². The van der Waals surface area contributed by atoms with Gasteiger partial charge in [0.15, 0.2) is 0 Å². The van der Waals surface area contributed by atoms with E-state index in [1.807, 2.05) is 69.2 Å². The summed E-state index contributed by atoms with van der Waals surface area (Å²) in [6.45, 7) is 36.2. The van der Waals surface area contributed by atoms with E-state index in [1.54, 1.807) is 18.3 Å². The Morgan fingerprint density at radius 2 is 1.34 bits per heavy atom. The number of aliphatic hydroxyl groups is 2. The number of hydrogen-bond donors (Lipinski definition) is 4. The molecule has 2 amide bonds. The lowest BCUT2D eigenvalue weighted by atomic mass is 9.67. The van der Waals surface area contributed by atoms with Crippen LogP contribution in [-0.4, -0.2) is 64.9 Å². The van der Waals surface area contributed by atoms with Crippen molar-refractivity contribution in [1.29, 1.82) is 0 Å². The third kappa shape index (κ3) is 19.6. The van der Waals surface area contributed by atoms with Gasteiger partial charge in [-0.15, -0.1) is 0 Å². The van der Waals surface area contributed by atoms with Crippen molar-refractivity contribution in [1.82, 2.24) is 15.6 Å². The van der Waals surface area contributed by atoms with Crippen LogP contribution < -0.4 is 10.6 Å². The third-order valence-corrected chi connectivity index (χ3v) is 9.03. The first-order valence-corrected chi connectivity index (χ1v) is 18.5. The second-order valence-electron chi connectivity index (χ2n) is 15.9. The molecular weight excluding hydrogens is 630 g/mol. The topological polar surface area (TPSA) is 138 Å². The summed E-state index contributed by atoms with van der Waals surface area (Å²) >= 11 is 0. The van der Waals surface area contributed by atoms with E-state index in [0.717, 1.165) is 12.8 Å². The molecule has 0 aliphatic carbocycles. The highest BCUT2D eigenvalue weighted by Gasteiger charge is 2.43. The van der Waals surface area contributed by atoms with E-state index < -0.39 is 53.5 Å². The number of esters is 1. The molecule has 0 aromatic carbocycles. The molecule has 1 heterocycles. The van der Waals surface area contributed by atoms with Crippen LogP contribution in [0.25, 0.3) is 0 Å². The number of amides is 2. The van der Waals surface area contributed by atoms with Gasteiger partial charge in [0.05, 0.1) is 18.8 Å². The van der Waals surface area contributed by atoms with Gasteiger partial charge in [-0.1, -0.05) is 114 Å². The zero-order chi connectivity index (χ0) is 40.1. The number of hydrogen-bond acceptors (Lipinski definition) is 7. The van der Waals surface area contributed by atoms with Gasteiger partial charge in [-0.3, -0.25) is 14.6 Å². The molecule has 0 spiro atoms. The van der Waals surface area contributed by atoms with Crippen molar-refractivity contribution in [2.75, 3.05) is 19.8 Å². The minimum absolute atomic E-state index is 0.00809. The highest BCUT2D eigenvalue weighted by atomic mass is 16.6. The van der Waals surface area contributed by atoms with E-state index in [1.165, 1.54) is 17.3 Å². The standard InChI is InChI=1S/C31H53N3O6.C6H12.2C2H6/c1-11-21(2)29(5,6)19-31(9,10)27(39)33-20-28(3,4)18-30(7,8)24(26(38)40-23(16-35)17-36)34-25(37)22-13-12-14-32-15-22;1-5(2)6(3)4;2*1-2/h12-15,21,23-24,35-36H,11,16-20H2,1-10H3,(H,33,39)(H,34,37);1-4H3;2*1-2H3. The van der Waals surface area contributed by atoms with Crippen molar-refractivity contribution in [3.63, 3.8) is 0 Å². The first kappa shape index (κ1) is 51.6. The van der Waals surface area contributed by atoms with Crippen molar-refractivity contribution >= 4 is 17.8 Å². The summed E-state index contributed by atoms with van der Waals surface area (Å²) in [7, 11) is 0. The molecule has 0 bridgehead atoms. The predicted molar refractivity (Wildman–Crippen MR) is 209 cm³/mol. The summed E-state index contributed by atoms with van der Waals surface area (Å²) in [5.41, 5.74) is 1.30. The fraction of sp³-hybridized carbons (Fsp3) is 0.756. The molecule has 0 saturated heterocycles. The van der Waals surface area contributed by atoms with Crippen LogP contribution in [0.15, 0.2) is 35.7 Å². The summed E-state index contributed by atoms with van der Waals surface area (Å²) in [6, 6.07) is 2.12. The minimum Gasteiger partial charge on any atom is -0.456 e. The van der Waals surface area contributed by atoms with E-state index in [2.05, 4.69) is 71.0 Å². The molecule has 50 heavy (non-hydrogen) atoms. The zero-order valence-corrected chi connectivity index (χ0v) is 35.3. The Labute approximate surface area is 306 Å². The van der Waals surface area contributed by atoms with E-state index in [9.17, 15) is 24.6 Å². The lowest BCUT2D eigenvalue weighted by Crippen LogP contribution is -2.54. The van der Waals surface area contributed by atoms with Gasteiger partial charge in [0.25, 0.3) is 5.91 Å². The average Bonchev–Trinajstić information content (AvgIpc) is 3.05. The number of rotatable bonds is 16. The van der Waals surface area contributed by atoms with E-state index in [0.29, 0.717) is 18.9 Å². The number of pyridine rings is 1. The fourth-order valence-corrected chi connectivity index (χ4v) is 5.55. The largest absolute Gasteiger partial charge is 0.456 e. The van der Waals surface area contributed by atoms with Crippen molar-refractivity contribution in [2.24, 2.45) is 27.6 Å². The van der Waals surface area contributed by atoms with Gasteiger partial charge in [-0.2, -0.15) is 0 Å². The molecule has 4 N–H and O–H groups in total. The summed E-state index contributed by atoms with van der Waals surface area (Å²) in [4.78, 5) is 43.5. The van der Waals surface area contributed by atoms with E-state index in [4.69, 9.17) is 4.74 Å². The van der Waals surface area contributed by atoms with Crippen LogP contribution in [0.2, 0.25) is 0 Å². The van der Waals surface area contributed by atoms with Crippen molar-refractivity contribution in [3.05, 3.63) is 41.2 Å². The van der Waals surface area contributed by atoms with Gasteiger partial charge in [0.1, 0.15) is 12.1 Å². The highest BCUT2D eigenvalue weighted by molar-refractivity contribution is 5.96. The Morgan fingerprint density at radius 3 is 1.74 bits per heavy atom. The molecule has 0 aliphatic rings. The summed E-state index contributed by atoms with van der Waals surface area (Å²) in [5.74, 6) is -0.802. The van der Waals surface area contributed by atoms with Gasteiger partial charge in [-0.05, 0) is 74.8 Å². The van der Waals surface area contributed by atoms with Crippen LogP contribution >= 0.6 is 0 Å². The number of allylic oxidation sites excluding steroid dienone is 2. The van der Waals surface area contributed by atoms with Crippen molar-refractivity contribution in [2.45, 2.75) is 156 Å². The van der Waals surface area contributed by atoms with Gasteiger partial charge in [0.2, 0.25) is 5.91 Å². The number of aromatic nitrogens is 1. The normalized spacial score (nSPS) is 12.7. The van der Waals surface area contributed by atoms with Crippen LogP contribution in [0.3, 0.4) is 0 Å². The first-order valence-electron chi connectivity index (χ1n) is 18.5. The second-order valence-corrected chi connectivity index (χ2v) is 15.9. The lowest BCUT2D eigenvalue weighted by Gasteiger charge is -2.41. The second kappa shape index (κ2) is 24.4. The Bertz CT molecular complexity index is 1120. The first-order chi connectivity index (χ1) is 23.0. The molecule has 1 aromatic heterocycles. The molecule has 2 unspecified atom stereocenters. The number of nitrogens with one attached hydrogen (secondary N) is 2. The lowest BCUT2D eigenvalue weighted by molar-refractivity contribution is -0.159. The third-order valence-electron chi connectivity index (χ3n) is 9.03. The monoisotopic (exact) mass is 708 g/mol. The predicted octanol–water partition coefficient (Wildman–Crippen LogP) is 8.54. The molecule has 9 heteroatoms. The van der Waals surface area contributed by atoms with Gasteiger partial charge < -0.3 is 25.6 Å². The van der Waals surface area contributed by atoms with E-state index in [-0.39, 0.29) is 16.9 Å². The average molecular weight is 708 g/mol. The smallest absolute Gasteiger partial charge is 0.329 e. The van der Waals surface area contributed by atoms with Crippen LogP contribution in [-0.2, 0) is 14.3 Å². The highest BCUT2D eigenvalue weighted by Crippen LogP contribution is 2.41. The maximum Gasteiger partial charge on any atom is 0.329 e. The van der Waals surface area contributed by atoms with Crippen LogP contribution in [0.4, 0.5) is 0 Å². The van der Waals surface area contributed by atoms with Gasteiger partial charge in [0, 0.05) is 24.4 Å². The molecule has 0 fully saturated rings. The van der Waals surface area contributed by atoms with Crippen LogP contribution in [0.5, 0.6) is 0 Å². The Balaban J connectivity index is -0.00000195. The number of aliphatic hydroxyl groups excluding tert-OH is 2. The molecule has 2 atom stereocenters. The van der Waals surface area contributed by atoms with Crippen molar-refractivity contribution < 1.29 is 29.3 Å². The zero-order valence-electron chi connectivity index (χ0n) is 35.3. The Hall–Kier alpha value is -2.78. The van der Waals surface area contributed by atoms with Crippen LogP contribution in [0.1, 0.15) is 154 Å². The summed E-state index contributed by atoms with van der Waals surface area (Å²) in [6.07, 6.45) is 4.08. The SMILES string of the molecule is CC.CC.CC(C)=C(C)C.CCC(C)C(C)(C)CC(C)(C)C(=O)NCC(C)(C)CC(C)(C)C(NC(=O)c1cccnc1)C(=O)OC(CO)CO.